The second-order valence-electron chi connectivity index (χ2n) is 2.95. The number of nitrogens with zero attached hydrogens (tertiary/aromatic N) is 2. The van der Waals surface area contributed by atoms with E-state index in [0.717, 1.165) is 12.1 Å². The van der Waals surface area contributed by atoms with Crippen LogP contribution in [0.3, 0.4) is 0 Å². The summed E-state index contributed by atoms with van der Waals surface area (Å²) >= 11 is 6.01. The van der Waals surface area contributed by atoms with Crippen molar-refractivity contribution in [3.8, 4) is 0 Å². The van der Waals surface area contributed by atoms with Gasteiger partial charge in [0.25, 0.3) is 0 Å². The lowest BCUT2D eigenvalue weighted by Crippen LogP contribution is -2.08. The molecule has 1 N–H and O–H groups in total. The molecule has 0 atom stereocenters. The summed E-state index contributed by atoms with van der Waals surface area (Å²) in [7, 11) is 0. The average Bonchev–Trinajstić information content (AvgIpc) is 2.43. The van der Waals surface area contributed by atoms with Crippen molar-refractivity contribution in [2.75, 3.05) is 0 Å². The van der Waals surface area contributed by atoms with E-state index in [1.54, 1.807) is 4.68 Å². The van der Waals surface area contributed by atoms with Gasteiger partial charge >= 0.3 is 5.97 Å². The van der Waals surface area contributed by atoms with Crippen molar-refractivity contribution in [2.45, 2.75) is 33.2 Å². The highest BCUT2D eigenvalue weighted by Gasteiger charge is 2.16. The third-order valence-corrected chi connectivity index (χ3v) is 2.45. The Labute approximate surface area is 87.5 Å². The molecule has 0 aliphatic rings. The maximum absolute atomic E-state index is 10.6. The van der Waals surface area contributed by atoms with Gasteiger partial charge in [-0.05, 0) is 13.3 Å². The number of aryl methyl sites for hydroxylation is 2. The SMILES string of the molecule is CCc1nn(CC)c(CC(=O)O)c1Cl. The van der Waals surface area contributed by atoms with Crippen LogP contribution >= 0.6 is 11.6 Å². The van der Waals surface area contributed by atoms with Crippen LogP contribution in [0, 0.1) is 0 Å². The van der Waals surface area contributed by atoms with Gasteiger partial charge in [-0.3, -0.25) is 9.48 Å². The Morgan fingerprint density at radius 2 is 2.21 bits per heavy atom. The number of carbonyl (C=O) groups is 1. The molecule has 5 heteroatoms. The molecule has 78 valence electrons. The quantitative estimate of drug-likeness (QED) is 0.834. The molecule has 0 aliphatic heterocycles. The summed E-state index contributed by atoms with van der Waals surface area (Å²) in [5.74, 6) is -0.885. The van der Waals surface area contributed by atoms with Gasteiger partial charge in [0.05, 0.1) is 22.8 Å². The Balaban J connectivity index is 3.10. The first-order valence-electron chi connectivity index (χ1n) is 4.56. The van der Waals surface area contributed by atoms with Gasteiger partial charge in [-0.2, -0.15) is 5.10 Å². The molecule has 1 heterocycles. The van der Waals surface area contributed by atoms with Crippen LogP contribution in [0.5, 0.6) is 0 Å². The van der Waals surface area contributed by atoms with E-state index in [1.807, 2.05) is 13.8 Å². The molecule has 0 saturated heterocycles. The first kappa shape index (κ1) is 11.0. The van der Waals surface area contributed by atoms with Crippen LogP contribution in [-0.4, -0.2) is 20.9 Å². The molecule has 0 bridgehead atoms. The fourth-order valence-corrected chi connectivity index (χ4v) is 1.67. The van der Waals surface area contributed by atoms with E-state index in [9.17, 15) is 4.79 Å². The summed E-state index contributed by atoms with van der Waals surface area (Å²) in [4.78, 5) is 10.6. The number of carboxylic acid groups (broad SMARTS) is 1. The van der Waals surface area contributed by atoms with E-state index in [1.165, 1.54) is 0 Å². The van der Waals surface area contributed by atoms with Gasteiger partial charge in [-0.15, -0.1) is 0 Å². The summed E-state index contributed by atoms with van der Waals surface area (Å²) < 4.78 is 1.65. The van der Waals surface area contributed by atoms with Crippen molar-refractivity contribution in [3.63, 3.8) is 0 Å². The third kappa shape index (κ3) is 2.07. The Morgan fingerprint density at radius 3 is 2.64 bits per heavy atom. The zero-order valence-electron chi connectivity index (χ0n) is 8.25. The lowest BCUT2D eigenvalue weighted by molar-refractivity contribution is -0.136. The lowest BCUT2D eigenvalue weighted by Gasteiger charge is -2.01. The minimum Gasteiger partial charge on any atom is -0.481 e. The predicted molar refractivity (Wildman–Crippen MR) is 53.6 cm³/mol. The first-order valence-corrected chi connectivity index (χ1v) is 4.93. The molecule has 0 radical (unpaired) electrons. The molecule has 0 spiro atoms. The molecule has 0 saturated carbocycles. The molecule has 14 heavy (non-hydrogen) atoms. The zero-order chi connectivity index (χ0) is 10.7. The Hall–Kier alpha value is -1.03. The fourth-order valence-electron chi connectivity index (χ4n) is 1.33. The van der Waals surface area contributed by atoms with Crippen LogP contribution in [0.15, 0.2) is 0 Å². The standard InChI is InChI=1S/C9H13ClN2O2/c1-3-6-9(10)7(5-8(13)14)12(4-2)11-6/h3-5H2,1-2H3,(H,13,14). The molecule has 0 aliphatic carbocycles. The monoisotopic (exact) mass is 216 g/mol. The molecular weight excluding hydrogens is 204 g/mol. The second-order valence-corrected chi connectivity index (χ2v) is 3.33. The topological polar surface area (TPSA) is 55.1 Å². The average molecular weight is 217 g/mol. The Kier molecular flexibility index (Phi) is 3.52. The molecule has 0 amide bonds. The van der Waals surface area contributed by atoms with Crippen molar-refractivity contribution < 1.29 is 9.90 Å². The van der Waals surface area contributed by atoms with Crippen molar-refractivity contribution in [2.24, 2.45) is 0 Å². The number of hydrogen-bond donors (Lipinski definition) is 1. The highest BCUT2D eigenvalue weighted by atomic mass is 35.5. The molecule has 1 aromatic rings. The van der Waals surface area contributed by atoms with Crippen molar-refractivity contribution in [1.82, 2.24) is 9.78 Å². The van der Waals surface area contributed by atoms with Crippen LogP contribution in [0.4, 0.5) is 0 Å². The van der Waals surface area contributed by atoms with Gasteiger partial charge in [-0.25, -0.2) is 0 Å². The number of hydrogen-bond acceptors (Lipinski definition) is 2. The number of carboxylic acids is 1. The van der Waals surface area contributed by atoms with Crippen LogP contribution in [-0.2, 0) is 24.2 Å². The smallest absolute Gasteiger partial charge is 0.309 e. The molecule has 4 nitrogen and oxygen atoms in total. The number of halogens is 1. The van der Waals surface area contributed by atoms with Crippen LogP contribution in [0.25, 0.3) is 0 Å². The van der Waals surface area contributed by atoms with E-state index in [2.05, 4.69) is 5.10 Å². The summed E-state index contributed by atoms with van der Waals surface area (Å²) in [5, 5.41) is 13.4. The van der Waals surface area contributed by atoms with Gasteiger partial charge in [0, 0.05) is 6.54 Å². The van der Waals surface area contributed by atoms with Crippen molar-refractivity contribution in [1.29, 1.82) is 0 Å². The van der Waals surface area contributed by atoms with Gasteiger partial charge in [0.15, 0.2) is 0 Å². The molecule has 1 aromatic heterocycles. The second kappa shape index (κ2) is 4.46. The zero-order valence-corrected chi connectivity index (χ0v) is 9.01. The molecular formula is C9H13ClN2O2. The van der Waals surface area contributed by atoms with Crippen LogP contribution in [0.2, 0.25) is 5.02 Å². The maximum Gasteiger partial charge on any atom is 0.309 e. The van der Waals surface area contributed by atoms with Gasteiger partial charge in [0.1, 0.15) is 0 Å². The minimum absolute atomic E-state index is 0.0698. The lowest BCUT2D eigenvalue weighted by atomic mass is 10.2. The van der Waals surface area contributed by atoms with E-state index in [-0.39, 0.29) is 6.42 Å². The van der Waals surface area contributed by atoms with Crippen LogP contribution < -0.4 is 0 Å². The molecule has 0 fully saturated rings. The number of aliphatic carboxylic acids is 1. The summed E-state index contributed by atoms with van der Waals surface area (Å²) in [6.07, 6.45) is 0.651. The van der Waals surface area contributed by atoms with Gasteiger partial charge in [0.2, 0.25) is 0 Å². The highest BCUT2D eigenvalue weighted by Crippen LogP contribution is 2.21. The normalized spacial score (nSPS) is 10.5. The summed E-state index contributed by atoms with van der Waals surface area (Å²) in [6, 6.07) is 0. The van der Waals surface area contributed by atoms with Gasteiger partial charge in [-0.1, -0.05) is 18.5 Å². The summed E-state index contributed by atoms with van der Waals surface area (Å²) in [5.41, 5.74) is 1.36. The van der Waals surface area contributed by atoms with E-state index in [0.29, 0.717) is 17.3 Å². The summed E-state index contributed by atoms with van der Waals surface area (Å²) in [6.45, 7) is 4.50. The van der Waals surface area contributed by atoms with Gasteiger partial charge < -0.3 is 5.11 Å². The van der Waals surface area contributed by atoms with Crippen molar-refractivity contribution in [3.05, 3.63) is 16.4 Å². The Morgan fingerprint density at radius 1 is 1.57 bits per heavy atom. The minimum atomic E-state index is -0.885. The first-order chi connectivity index (χ1) is 6.60. The molecule has 1 rings (SSSR count). The van der Waals surface area contributed by atoms with Crippen molar-refractivity contribution >= 4 is 17.6 Å². The molecule has 0 unspecified atom stereocenters. The fraction of sp³-hybridized carbons (Fsp3) is 0.556. The highest BCUT2D eigenvalue weighted by molar-refractivity contribution is 6.32. The predicted octanol–water partition coefficient (Wildman–Crippen LogP) is 1.75. The van der Waals surface area contributed by atoms with E-state index < -0.39 is 5.97 Å². The largest absolute Gasteiger partial charge is 0.481 e. The van der Waals surface area contributed by atoms with E-state index >= 15 is 0 Å². The van der Waals surface area contributed by atoms with Crippen LogP contribution in [0.1, 0.15) is 25.2 Å². The number of rotatable bonds is 4. The van der Waals surface area contributed by atoms with E-state index in [4.69, 9.17) is 16.7 Å². The Bertz CT molecular complexity index is 347. The number of aromatic nitrogens is 2. The molecule has 0 aromatic carbocycles. The third-order valence-electron chi connectivity index (χ3n) is 2.01. The maximum atomic E-state index is 10.6.